The highest BCUT2D eigenvalue weighted by Crippen LogP contribution is 2.25. The first kappa shape index (κ1) is 10.8. The number of aromatic amines is 2. The minimum absolute atomic E-state index is 0.0132. The lowest BCUT2D eigenvalue weighted by atomic mass is 10.0. The number of benzene rings is 2. The fourth-order valence-corrected chi connectivity index (χ4v) is 3.94. The van der Waals surface area contributed by atoms with E-state index in [1.54, 1.807) is 4.57 Å². The van der Waals surface area contributed by atoms with Gasteiger partial charge in [-0.2, -0.15) is 0 Å². The summed E-state index contributed by atoms with van der Waals surface area (Å²) in [6, 6.07) is 2.48. The monoisotopic (exact) mass is 415 g/mol. The van der Waals surface area contributed by atoms with Crippen LogP contribution >= 0.6 is 0 Å². The third kappa shape index (κ3) is 3.39. The average molecular weight is 416 g/mol. The Morgan fingerprint density at radius 1 is 1.03 bits per heavy atom. The van der Waals surface area contributed by atoms with Gasteiger partial charge in [-0.25, -0.2) is 9.59 Å². The van der Waals surface area contributed by atoms with Gasteiger partial charge in [-0.3, -0.25) is 9.13 Å². The van der Waals surface area contributed by atoms with Crippen molar-refractivity contribution < 1.29 is 13.7 Å². The minimum Gasteiger partial charge on any atom is -0.306 e. The van der Waals surface area contributed by atoms with Gasteiger partial charge in [0.1, 0.15) is 0 Å². The number of para-hydroxylation sites is 2. The van der Waals surface area contributed by atoms with Crippen LogP contribution in [0, 0.1) is 6.92 Å². The quantitative estimate of drug-likeness (QED) is 0.526. The van der Waals surface area contributed by atoms with Crippen LogP contribution in [0.2, 0.25) is 0 Å². The molecule has 4 aromatic rings. The molecule has 0 aliphatic carbocycles. The lowest BCUT2D eigenvalue weighted by Crippen LogP contribution is -2.37. The SMILES string of the molecule is [2H]c1c([2H])c([2H])c2c([nH]c(=O)n2C([2H])([2H])C([2H])([2H])C([2H])([2H])N2CCC(n3c(=O)[nH]c4cc(C)ccc43)CC2)c1[2H]. The molecule has 7 nitrogen and oxygen atoms in total. The second kappa shape index (κ2) is 7.65. The highest BCUT2D eigenvalue weighted by atomic mass is 16.1. The van der Waals surface area contributed by atoms with Crippen LogP contribution in [-0.2, 0) is 6.50 Å². The Morgan fingerprint density at radius 2 is 1.80 bits per heavy atom. The number of imidazole rings is 2. The highest BCUT2D eigenvalue weighted by Gasteiger charge is 2.23. The summed E-state index contributed by atoms with van der Waals surface area (Å²) < 4.78 is 85.7. The molecule has 3 heterocycles. The summed E-state index contributed by atoms with van der Waals surface area (Å²) in [6.45, 7) is -4.46. The molecular weight excluding hydrogens is 378 g/mol. The van der Waals surface area contributed by atoms with Gasteiger partial charge in [-0.15, -0.1) is 0 Å². The van der Waals surface area contributed by atoms with Gasteiger partial charge >= 0.3 is 11.4 Å². The van der Waals surface area contributed by atoms with Crippen LogP contribution in [-0.4, -0.2) is 43.6 Å². The number of hydrogen-bond donors (Lipinski definition) is 2. The number of rotatable bonds is 5. The Kier molecular flexibility index (Phi) is 2.76. The van der Waals surface area contributed by atoms with Crippen LogP contribution in [0.1, 0.15) is 44.5 Å². The number of nitrogens with zero attached hydrogens (tertiary/aromatic N) is 3. The maximum atomic E-state index is 12.8. The Morgan fingerprint density at radius 3 is 2.63 bits per heavy atom. The van der Waals surface area contributed by atoms with E-state index >= 15 is 0 Å². The molecular formula is C23H27N5O2. The summed E-state index contributed by atoms with van der Waals surface area (Å²) >= 11 is 0. The first-order valence-electron chi connectivity index (χ1n) is 14.7. The number of piperidine rings is 1. The van der Waals surface area contributed by atoms with Crippen molar-refractivity contribution in [2.75, 3.05) is 19.6 Å². The lowest BCUT2D eigenvalue weighted by molar-refractivity contribution is 0.183. The zero-order valence-corrected chi connectivity index (χ0v) is 16.3. The Balaban J connectivity index is 1.48. The Labute approximate surface area is 188 Å². The third-order valence-electron chi connectivity index (χ3n) is 5.41. The standard InChI is InChI=1S/C23H27N5O2/c1-16-7-8-21-19(15-16)25-23(30)28(21)17-9-13-26(14-10-17)11-4-12-27-20-6-3-2-5-18(20)24-22(27)29/h2-3,5-8,15,17H,4,9-14H2,1H3,(H,24,29)(H,25,30)/i2D,3D,4D2,5D,6D,11D2,12D2. The molecule has 0 saturated carbocycles. The molecule has 7 heteroatoms. The molecule has 0 radical (unpaired) electrons. The van der Waals surface area contributed by atoms with Crippen LogP contribution in [0.4, 0.5) is 0 Å². The predicted molar refractivity (Wildman–Crippen MR) is 119 cm³/mol. The molecule has 0 spiro atoms. The largest absolute Gasteiger partial charge is 0.326 e. The molecule has 156 valence electrons. The van der Waals surface area contributed by atoms with Crippen molar-refractivity contribution >= 4 is 22.1 Å². The number of hydrogen-bond acceptors (Lipinski definition) is 3. The zero-order chi connectivity index (χ0) is 29.5. The van der Waals surface area contributed by atoms with Crippen molar-refractivity contribution in [1.29, 1.82) is 0 Å². The number of aryl methyl sites for hydroxylation is 2. The lowest BCUT2D eigenvalue weighted by Gasteiger charge is -2.32. The molecule has 0 amide bonds. The Hall–Kier alpha value is -3.06. The van der Waals surface area contributed by atoms with Crippen LogP contribution in [0.25, 0.3) is 22.1 Å². The van der Waals surface area contributed by atoms with Crippen molar-refractivity contribution in [1.82, 2.24) is 24.0 Å². The van der Waals surface area contributed by atoms with Crippen LogP contribution < -0.4 is 11.4 Å². The average Bonchev–Trinajstić information content (AvgIpc) is 3.41. The predicted octanol–water partition coefficient (Wildman–Crippen LogP) is 3.01. The molecule has 1 fully saturated rings. The number of H-pyrrole nitrogens is 2. The maximum Gasteiger partial charge on any atom is 0.326 e. The van der Waals surface area contributed by atoms with Crippen molar-refractivity contribution in [3.63, 3.8) is 0 Å². The van der Waals surface area contributed by atoms with Crippen molar-refractivity contribution in [3.05, 3.63) is 68.9 Å². The summed E-state index contributed by atoms with van der Waals surface area (Å²) in [5.41, 5.74) is -0.187. The van der Waals surface area contributed by atoms with Gasteiger partial charge in [0.2, 0.25) is 0 Å². The van der Waals surface area contributed by atoms with E-state index in [1.165, 1.54) is 0 Å². The van der Waals surface area contributed by atoms with E-state index in [9.17, 15) is 9.59 Å². The molecule has 0 unspecified atom stereocenters. The van der Waals surface area contributed by atoms with Gasteiger partial charge in [-0.1, -0.05) is 18.2 Å². The van der Waals surface area contributed by atoms with E-state index in [4.69, 9.17) is 13.7 Å². The van der Waals surface area contributed by atoms with E-state index in [-0.39, 0.29) is 42.2 Å². The van der Waals surface area contributed by atoms with E-state index < -0.39 is 60.3 Å². The summed E-state index contributed by atoms with van der Waals surface area (Å²) in [4.78, 5) is 31.7. The molecule has 2 N–H and O–H groups in total. The highest BCUT2D eigenvalue weighted by molar-refractivity contribution is 5.76. The van der Waals surface area contributed by atoms with E-state index in [0.29, 0.717) is 11.0 Å². The fraction of sp³-hybridized carbons (Fsp3) is 0.391. The van der Waals surface area contributed by atoms with Crippen molar-refractivity contribution in [2.45, 2.75) is 38.7 Å². The topological polar surface area (TPSA) is 78.8 Å². The van der Waals surface area contributed by atoms with Crippen LogP contribution in [0.15, 0.2) is 52.0 Å². The van der Waals surface area contributed by atoms with Crippen molar-refractivity contribution in [3.8, 4) is 0 Å². The summed E-state index contributed by atoms with van der Waals surface area (Å²) in [5.74, 6) is 0. The first-order chi connectivity index (χ1) is 18.5. The molecule has 1 aliphatic heterocycles. The van der Waals surface area contributed by atoms with E-state index in [0.717, 1.165) is 10.5 Å². The van der Waals surface area contributed by atoms with Gasteiger partial charge in [0, 0.05) is 33.9 Å². The second-order valence-corrected chi connectivity index (χ2v) is 7.38. The molecule has 2 aromatic carbocycles. The molecule has 2 aromatic heterocycles. The normalized spacial score (nSPS) is 22.3. The maximum absolute atomic E-state index is 12.8. The summed E-state index contributed by atoms with van der Waals surface area (Å²) in [7, 11) is 0. The number of fused-ring (bicyclic) bond motifs is 2. The van der Waals surface area contributed by atoms with E-state index in [1.807, 2.05) is 25.1 Å². The van der Waals surface area contributed by atoms with E-state index in [2.05, 4.69) is 9.97 Å². The van der Waals surface area contributed by atoms with Gasteiger partial charge in [0.05, 0.1) is 27.5 Å². The fourth-order valence-electron chi connectivity index (χ4n) is 3.94. The number of nitrogens with one attached hydrogen (secondary N) is 2. The molecule has 30 heavy (non-hydrogen) atoms. The second-order valence-electron chi connectivity index (χ2n) is 7.38. The molecule has 1 saturated heterocycles. The molecule has 0 atom stereocenters. The van der Waals surface area contributed by atoms with Crippen LogP contribution in [0.5, 0.6) is 0 Å². The third-order valence-corrected chi connectivity index (χ3v) is 5.41. The van der Waals surface area contributed by atoms with Crippen LogP contribution in [0.3, 0.4) is 0 Å². The minimum atomic E-state index is -3.38. The van der Waals surface area contributed by atoms with Crippen molar-refractivity contribution in [2.24, 2.45) is 0 Å². The summed E-state index contributed by atoms with van der Waals surface area (Å²) in [5, 5.41) is 0. The van der Waals surface area contributed by atoms with Gasteiger partial charge < -0.3 is 14.9 Å². The molecule has 1 aliphatic rings. The van der Waals surface area contributed by atoms with Gasteiger partial charge in [0.25, 0.3) is 0 Å². The van der Waals surface area contributed by atoms with Gasteiger partial charge in [-0.05, 0) is 62.4 Å². The smallest absolute Gasteiger partial charge is 0.306 e. The summed E-state index contributed by atoms with van der Waals surface area (Å²) in [6.07, 6.45) is -2.82. The molecule has 5 rings (SSSR count). The first-order valence-corrected chi connectivity index (χ1v) is 9.70. The number of aromatic nitrogens is 4. The number of likely N-dealkylation sites (tertiary alicyclic amines) is 1. The van der Waals surface area contributed by atoms with Gasteiger partial charge in [0.15, 0.2) is 0 Å². The zero-order valence-electron chi connectivity index (χ0n) is 26.3. The molecule has 0 bridgehead atoms. The Bertz CT molecular complexity index is 1760.